The predicted molar refractivity (Wildman–Crippen MR) is 64.8 cm³/mol. The minimum Gasteiger partial charge on any atom is -0.380 e. The number of nitrogens with two attached hydrogens (primary N) is 1. The maximum atomic E-state index is 5.57. The first-order chi connectivity index (χ1) is 7.22. The number of hydrogen-bond acceptors (Lipinski definition) is 2. The van der Waals surface area contributed by atoms with Crippen LogP contribution in [0.3, 0.4) is 0 Å². The second-order valence-electron chi connectivity index (χ2n) is 4.79. The van der Waals surface area contributed by atoms with E-state index in [4.69, 9.17) is 5.73 Å². The van der Waals surface area contributed by atoms with Crippen LogP contribution in [0.2, 0.25) is 0 Å². The first kappa shape index (κ1) is 10.5. The zero-order valence-electron chi connectivity index (χ0n) is 9.42. The third-order valence-corrected chi connectivity index (χ3v) is 3.34. The molecule has 3 N–H and O–H groups in total. The van der Waals surface area contributed by atoms with Crippen molar-refractivity contribution >= 4 is 5.69 Å². The van der Waals surface area contributed by atoms with E-state index in [1.165, 1.54) is 36.9 Å². The molecule has 0 aliphatic heterocycles. The molecule has 2 heteroatoms. The van der Waals surface area contributed by atoms with E-state index < -0.39 is 0 Å². The standard InChI is InChI=1S/C13H20N2/c1-13(8-2-3-9-13)15-12-6-4-11(10-14)5-7-12/h4-7,15H,2-3,8-10,14H2,1H3. The molecule has 0 aromatic heterocycles. The molecule has 0 heterocycles. The van der Waals surface area contributed by atoms with E-state index in [0.717, 1.165) is 0 Å². The van der Waals surface area contributed by atoms with Crippen LogP contribution in [0.1, 0.15) is 38.2 Å². The van der Waals surface area contributed by atoms with Crippen LogP contribution in [0.15, 0.2) is 24.3 Å². The average Bonchev–Trinajstić information content (AvgIpc) is 2.66. The van der Waals surface area contributed by atoms with E-state index in [1.54, 1.807) is 0 Å². The maximum absolute atomic E-state index is 5.57. The van der Waals surface area contributed by atoms with Gasteiger partial charge in [-0.05, 0) is 37.5 Å². The Morgan fingerprint density at radius 1 is 1.20 bits per heavy atom. The first-order valence-electron chi connectivity index (χ1n) is 5.79. The molecule has 1 aromatic rings. The van der Waals surface area contributed by atoms with Crippen molar-refractivity contribution < 1.29 is 0 Å². The highest BCUT2D eigenvalue weighted by Crippen LogP contribution is 2.32. The molecule has 0 saturated heterocycles. The Kier molecular flexibility index (Phi) is 2.96. The SMILES string of the molecule is CC1(Nc2ccc(CN)cc2)CCCC1. The Balaban J connectivity index is 2.04. The molecule has 0 radical (unpaired) electrons. The minimum absolute atomic E-state index is 0.310. The van der Waals surface area contributed by atoms with Gasteiger partial charge in [0.05, 0.1) is 0 Å². The Bertz CT molecular complexity index is 310. The fraction of sp³-hybridized carbons (Fsp3) is 0.538. The number of rotatable bonds is 3. The minimum atomic E-state index is 0.310. The summed E-state index contributed by atoms with van der Waals surface area (Å²) in [7, 11) is 0. The molecule has 1 aromatic carbocycles. The fourth-order valence-electron chi connectivity index (χ4n) is 2.35. The first-order valence-corrected chi connectivity index (χ1v) is 5.79. The number of hydrogen-bond donors (Lipinski definition) is 2. The summed E-state index contributed by atoms with van der Waals surface area (Å²) in [6.45, 7) is 2.94. The van der Waals surface area contributed by atoms with Crippen LogP contribution in [-0.4, -0.2) is 5.54 Å². The van der Waals surface area contributed by atoms with Crippen LogP contribution in [-0.2, 0) is 6.54 Å². The molecule has 2 nitrogen and oxygen atoms in total. The van der Waals surface area contributed by atoms with E-state index in [2.05, 4.69) is 36.5 Å². The highest BCUT2D eigenvalue weighted by molar-refractivity contribution is 5.47. The van der Waals surface area contributed by atoms with Gasteiger partial charge < -0.3 is 11.1 Å². The van der Waals surface area contributed by atoms with Gasteiger partial charge in [-0.1, -0.05) is 25.0 Å². The molecular formula is C13H20N2. The third-order valence-electron chi connectivity index (χ3n) is 3.34. The van der Waals surface area contributed by atoms with Crippen molar-refractivity contribution in [1.29, 1.82) is 0 Å². The van der Waals surface area contributed by atoms with Gasteiger partial charge in [0.2, 0.25) is 0 Å². The topological polar surface area (TPSA) is 38.0 Å². The second kappa shape index (κ2) is 4.23. The molecular weight excluding hydrogens is 184 g/mol. The normalized spacial score (nSPS) is 19.1. The van der Waals surface area contributed by atoms with Crippen molar-refractivity contribution in [2.24, 2.45) is 5.73 Å². The van der Waals surface area contributed by atoms with E-state index in [0.29, 0.717) is 12.1 Å². The van der Waals surface area contributed by atoms with Gasteiger partial charge in [0, 0.05) is 17.8 Å². The van der Waals surface area contributed by atoms with Crippen molar-refractivity contribution in [3.05, 3.63) is 29.8 Å². The van der Waals surface area contributed by atoms with Crippen molar-refractivity contribution in [3.8, 4) is 0 Å². The molecule has 0 atom stereocenters. The third kappa shape index (κ3) is 2.51. The van der Waals surface area contributed by atoms with Gasteiger partial charge >= 0.3 is 0 Å². The van der Waals surface area contributed by atoms with Crippen LogP contribution in [0.25, 0.3) is 0 Å². The lowest BCUT2D eigenvalue weighted by atomic mass is 10.00. The predicted octanol–water partition coefficient (Wildman–Crippen LogP) is 2.89. The molecule has 0 spiro atoms. The summed E-state index contributed by atoms with van der Waals surface area (Å²) in [5.41, 5.74) is 8.29. The van der Waals surface area contributed by atoms with Crippen molar-refractivity contribution in [2.75, 3.05) is 5.32 Å². The molecule has 0 unspecified atom stereocenters. The quantitative estimate of drug-likeness (QED) is 0.794. The molecule has 1 fully saturated rings. The fourth-order valence-corrected chi connectivity index (χ4v) is 2.35. The lowest BCUT2D eigenvalue weighted by molar-refractivity contribution is 0.533. The Hall–Kier alpha value is -1.02. The molecule has 82 valence electrons. The number of benzene rings is 1. The number of anilines is 1. The van der Waals surface area contributed by atoms with Gasteiger partial charge in [-0.15, -0.1) is 0 Å². The summed E-state index contributed by atoms with van der Waals surface area (Å²) >= 11 is 0. The zero-order valence-corrected chi connectivity index (χ0v) is 9.42. The summed E-state index contributed by atoms with van der Waals surface area (Å²) in [6, 6.07) is 8.46. The summed E-state index contributed by atoms with van der Waals surface area (Å²) in [4.78, 5) is 0. The van der Waals surface area contributed by atoms with E-state index in [9.17, 15) is 0 Å². The molecule has 1 saturated carbocycles. The maximum Gasteiger partial charge on any atom is 0.0345 e. The van der Waals surface area contributed by atoms with Crippen LogP contribution in [0.5, 0.6) is 0 Å². The van der Waals surface area contributed by atoms with Gasteiger partial charge in [-0.25, -0.2) is 0 Å². The Morgan fingerprint density at radius 3 is 2.33 bits per heavy atom. The Morgan fingerprint density at radius 2 is 1.80 bits per heavy atom. The van der Waals surface area contributed by atoms with Gasteiger partial charge in [-0.3, -0.25) is 0 Å². The molecule has 1 aliphatic carbocycles. The van der Waals surface area contributed by atoms with E-state index in [1.807, 2.05) is 0 Å². The monoisotopic (exact) mass is 204 g/mol. The summed E-state index contributed by atoms with van der Waals surface area (Å²) in [6.07, 6.45) is 5.27. The molecule has 1 aliphatic rings. The van der Waals surface area contributed by atoms with Crippen LogP contribution in [0.4, 0.5) is 5.69 Å². The average molecular weight is 204 g/mol. The zero-order chi connectivity index (χ0) is 10.7. The van der Waals surface area contributed by atoms with E-state index >= 15 is 0 Å². The van der Waals surface area contributed by atoms with Crippen LogP contribution < -0.4 is 11.1 Å². The Labute approximate surface area is 91.9 Å². The molecule has 15 heavy (non-hydrogen) atoms. The highest BCUT2D eigenvalue weighted by Gasteiger charge is 2.27. The summed E-state index contributed by atoms with van der Waals surface area (Å²) in [5, 5.41) is 3.63. The van der Waals surface area contributed by atoms with Gasteiger partial charge in [-0.2, -0.15) is 0 Å². The lowest BCUT2D eigenvalue weighted by Gasteiger charge is -2.26. The van der Waals surface area contributed by atoms with Gasteiger partial charge in [0.15, 0.2) is 0 Å². The smallest absolute Gasteiger partial charge is 0.0345 e. The largest absolute Gasteiger partial charge is 0.380 e. The lowest BCUT2D eigenvalue weighted by Crippen LogP contribution is -2.30. The van der Waals surface area contributed by atoms with Crippen molar-refractivity contribution in [3.63, 3.8) is 0 Å². The number of nitrogens with one attached hydrogen (secondary N) is 1. The van der Waals surface area contributed by atoms with Crippen LogP contribution in [0, 0.1) is 0 Å². The van der Waals surface area contributed by atoms with Crippen molar-refractivity contribution in [2.45, 2.75) is 44.7 Å². The van der Waals surface area contributed by atoms with Gasteiger partial charge in [0.1, 0.15) is 0 Å². The molecule has 2 rings (SSSR count). The van der Waals surface area contributed by atoms with Gasteiger partial charge in [0.25, 0.3) is 0 Å². The summed E-state index contributed by atoms with van der Waals surface area (Å²) in [5.74, 6) is 0. The van der Waals surface area contributed by atoms with Crippen molar-refractivity contribution in [1.82, 2.24) is 0 Å². The summed E-state index contributed by atoms with van der Waals surface area (Å²) < 4.78 is 0. The molecule has 0 bridgehead atoms. The highest BCUT2D eigenvalue weighted by atomic mass is 15.0. The van der Waals surface area contributed by atoms with Crippen LogP contribution >= 0.6 is 0 Å². The van der Waals surface area contributed by atoms with E-state index in [-0.39, 0.29) is 0 Å². The molecule has 0 amide bonds. The second-order valence-corrected chi connectivity index (χ2v) is 4.79.